The maximum atomic E-state index is 13.4. The van der Waals surface area contributed by atoms with Gasteiger partial charge in [0.15, 0.2) is 0 Å². The molecule has 34 heavy (non-hydrogen) atoms. The summed E-state index contributed by atoms with van der Waals surface area (Å²) < 4.78 is 28.7. The number of rotatable bonds is 11. The molecule has 0 aliphatic heterocycles. The lowest BCUT2D eigenvalue weighted by Gasteiger charge is -2.24. The van der Waals surface area contributed by atoms with Gasteiger partial charge in [-0.05, 0) is 73.2 Å². The van der Waals surface area contributed by atoms with E-state index in [1.807, 2.05) is 31.2 Å². The molecule has 5 nitrogen and oxygen atoms in total. The van der Waals surface area contributed by atoms with Gasteiger partial charge in [-0.25, -0.2) is 8.42 Å². The van der Waals surface area contributed by atoms with Crippen molar-refractivity contribution in [3.63, 3.8) is 0 Å². The average Bonchev–Trinajstić information content (AvgIpc) is 2.82. The van der Waals surface area contributed by atoms with Gasteiger partial charge in [0.05, 0.1) is 10.6 Å². The van der Waals surface area contributed by atoms with Gasteiger partial charge in [0.1, 0.15) is 6.54 Å². The summed E-state index contributed by atoms with van der Waals surface area (Å²) >= 11 is 11.0. The third kappa shape index (κ3) is 7.77. The number of nitrogens with one attached hydrogen (secondary N) is 1. The van der Waals surface area contributed by atoms with Crippen LogP contribution in [0.4, 0.5) is 5.69 Å². The number of hydrogen-bond donors (Lipinski definition) is 1. The van der Waals surface area contributed by atoms with Crippen LogP contribution in [0, 0.1) is 6.92 Å². The smallest absolute Gasteiger partial charge is 0.264 e. The van der Waals surface area contributed by atoms with Crippen molar-refractivity contribution < 1.29 is 13.2 Å². The fourth-order valence-corrected chi connectivity index (χ4v) is 5.85. The molecule has 180 valence electrons. The Morgan fingerprint density at radius 2 is 1.65 bits per heavy atom. The SMILES string of the molecule is Cc1ccc(S(=O)(=O)N(CC(=O)NCCCSCc2ccc(Cl)cc2)c2ccc(Br)cc2)cc1. The lowest BCUT2D eigenvalue weighted by Crippen LogP contribution is -2.41. The first-order valence-corrected chi connectivity index (χ1v) is 14.5. The van der Waals surface area contributed by atoms with Crippen molar-refractivity contribution in [1.29, 1.82) is 0 Å². The molecule has 0 unspecified atom stereocenters. The first-order valence-electron chi connectivity index (χ1n) is 10.7. The van der Waals surface area contributed by atoms with E-state index in [-0.39, 0.29) is 17.3 Å². The van der Waals surface area contributed by atoms with Crippen LogP contribution in [0.15, 0.2) is 82.2 Å². The van der Waals surface area contributed by atoms with Crippen LogP contribution < -0.4 is 9.62 Å². The van der Waals surface area contributed by atoms with Gasteiger partial charge in [0.25, 0.3) is 10.0 Å². The van der Waals surface area contributed by atoms with Crippen LogP contribution in [0.5, 0.6) is 0 Å². The Balaban J connectivity index is 1.57. The number of aryl methyl sites for hydroxylation is 1. The van der Waals surface area contributed by atoms with Crippen LogP contribution in [0.25, 0.3) is 0 Å². The Morgan fingerprint density at radius 3 is 2.29 bits per heavy atom. The minimum Gasteiger partial charge on any atom is -0.354 e. The second kappa shape index (κ2) is 12.6. The molecule has 0 aliphatic carbocycles. The fourth-order valence-electron chi connectivity index (χ4n) is 3.12. The van der Waals surface area contributed by atoms with Crippen LogP contribution in [-0.2, 0) is 20.6 Å². The third-order valence-electron chi connectivity index (χ3n) is 4.98. The average molecular weight is 582 g/mol. The molecule has 1 amide bonds. The van der Waals surface area contributed by atoms with Crippen LogP contribution >= 0.6 is 39.3 Å². The van der Waals surface area contributed by atoms with E-state index in [2.05, 4.69) is 21.2 Å². The molecule has 3 aromatic rings. The molecule has 1 N–H and O–H groups in total. The Labute approximate surface area is 219 Å². The van der Waals surface area contributed by atoms with Crippen LogP contribution in [0.3, 0.4) is 0 Å². The van der Waals surface area contributed by atoms with Crippen LogP contribution in [0.1, 0.15) is 17.5 Å². The lowest BCUT2D eigenvalue weighted by atomic mass is 10.2. The van der Waals surface area contributed by atoms with E-state index in [1.54, 1.807) is 60.3 Å². The minimum absolute atomic E-state index is 0.146. The molecule has 0 saturated heterocycles. The zero-order valence-corrected chi connectivity index (χ0v) is 22.7. The van der Waals surface area contributed by atoms with Crippen molar-refractivity contribution in [3.05, 3.63) is 93.4 Å². The predicted molar refractivity (Wildman–Crippen MR) is 145 cm³/mol. The molecular formula is C25H26BrClN2O3S2. The Hall–Kier alpha value is -2.00. The van der Waals surface area contributed by atoms with E-state index in [0.29, 0.717) is 12.2 Å². The number of thioether (sulfide) groups is 1. The summed E-state index contributed by atoms with van der Waals surface area (Å²) in [6, 6.07) is 21.2. The molecule has 0 fully saturated rings. The Bertz CT molecular complexity index is 1190. The number of hydrogen-bond acceptors (Lipinski definition) is 4. The molecule has 0 saturated carbocycles. The van der Waals surface area contributed by atoms with E-state index in [4.69, 9.17) is 11.6 Å². The van der Waals surface area contributed by atoms with Crippen LogP contribution in [0.2, 0.25) is 5.02 Å². The summed E-state index contributed by atoms with van der Waals surface area (Å²) in [5, 5.41) is 3.57. The molecule has 3 aromatic carbocycles. The van der Waals surface area contributed by atoms with Gasteiger partial charge < -0.3 is 5.32 Å². The minimum atomic E-state index is -3.91. The number of benzene rings is 3. The van der Waals surface area contributed by atoms with E-state index >= 15 is 0 Å². The van der Waals surface area contributed by atoms with Gasteiger partial charge in [0.2, 0.25) is 5.91 Å². The van der Waals surface area contributed by atoms with Crippen LogP contribution in [-0.4, -0.2) is 33.2 Å². The van der Waals surface area contributed by atoms with Crippen molar-refractivity contribution in [2.45, 2.75) is 24.0 Å². The van der Waals surface area contributed by atoms with Gasteiger partial charge >= 0.3 is 0 Å². The van der Waals surface area contributed by atoms with Gasteiger partial charge in [-0.3, -0.25) is 9.10 Å². The summed E-state index contributed by atoms with van der Waals surface area (Å²) in [4.78, 5) is 12.8. The first-order chi connectivity index (χ1) is 16.3. The number of carbonyl (C=O) groups is 1. The monoisotopic (exact) mass is 580 g/mol. The summed E-state index contributed by atoms with van der Waals surface area (Å²) in [6.07, 6.45) is 0.785. The van der Waals surface area contributed by atoms with Gasteiger partial charge in [0, 0.05) is 21.8 Å². The quantitative estimate of drug-likeness (QED) is 0.280. The standard InChI is InChI=1S/C25H26BrClN2O3S2/c1-19-3-13-24(14-4-19)34(31,32)29(23-11-7-21(26)8-12-23)17-25(30)28-15-2-16-33-18-20-5-9-22(27)10-6-20/h3-14H,2,15-18H2,1H3,(H,28,30). The zero-order valence-electron chi connectivity index (χ0n) is 18.7. The fraction of sp³-hybridized carbons (Fsp3) is 0.240. The second-order valence-electron chi connectivity index (χ2n) is 7.68. The summed E-state index contributed by atoms with van der Waals surface area (Å²) in [6.45, 7) is 2.07. The normalized spacial score (nSPS) is 11.3. The second-order valence-corrected chi connectivity index (χ2v) is 12.0. The lowest BCUT2D eigenvalue weighted by molar-refractivity contribution is -0.119. The number of nitrogens with zero attached hydrogens (tertiary/aromatic N) is 1. The number of amides is 1. The molecule has 0 radical (unpaired) electrons. The van der Waals surface area contributed by atoms with E-state index in [1.165, 1.54) is 5.56 Å². The highest BCUT2D eigenvalue weighted by atomic mass is 79.9. The number of halogens is 2. The molecular weight excluding hydrogens is 556 g/mol. The molecule has 0 aliphatic rings. The highest BCUT2D eigenvalue weighted by molar-refractivity contribution is 9.10. The highest BCUT2D eigenvalue weighted by Crippen LogP contribution is 2.25. The van der Waals surface area contributed by atoms with Gasteiger partial charge in [-0.15, -0.1) is 0 Å². The third-order valence-corrected chi connectivity index (χ3v) is 8.66. The number of anilines is 1. The van der Waals surface area contributed by atoms with Crippen molar-refractivity contribution >= 4 is 60.9 Å². The Kier molecular flexibility index (Phi) is 9.88. The van der Waals surface area contributed by atoms with Gasteiger partial charge in [-0.1, -0.05) is 57.4 Å². The van der Waals surface area contributed by atoms with Crippen molar-refractivity contribution in [3.8, 4) is 0 Å². The highest BCUT2D eigenvalue weighted by Gasteiger charge is 2.27. The topological polar surface area (TPSA) is 66.5 Å². The predicted octanol–water partition coefficient (Wildman–Crippen LogP) is 6.05. The summed E-state index contributed by atoms with van der Waals surface area (Å²) in [5.41, 5.74) is 2.59. The largest absolute Gasteiger partial charge is 0.354 e. The molecule has 3 rings (SSSR count). The summed E-state index contributed by atoms with van der Waals surface area (Å²) in [5.74, 6) is 1.40. The van der Waals surface area contributed by atoms with E-state index in [0.717, 1.165) is 37.3 Å². The van der Waals surface area contributed by atoms with Gasteiger partial charge in [-0.2, -0.15) is 11.8 Å². The van der Waals surface area contributed by atoms with E-state index in [9.17, 15) is 13.2 Å². The Morgan fingerprint density at radius 1 is 1.00 bits per heavy atom. The zero-order chi connectivity index (χ0) is 24.6. The molecule has 0 atom stereocenters. The maximum absolute atomic E-state index is 13.4. The van der Waals surface area contributed by atoms with Crippen molar-refractivity contribution in [2.24, 2.45) is 0 Å². The molecule has 0 heterocycles. The molecule has 0 bridgehead atoms. The van der Waals surface area contributed by atoms with E-state index < -0.39 is 10.0 Å². The first kappa shape index (κ1) is 26.6. The summed E-state index contributed by atoms with van der Waals surface area (Å²) in [7, 11) is -3.91. The molecule has 0 spiro atoms. The molecule has 9 heteroatoms. The van der Waals surface area contributed by atoms with Crippen molar-refractivity contribution in [2.75, 3.05) is 23.1 Å². The number of sulfonamides is 1. The number of carbonyl (C=O) groups excluding carboxylic acids is 1. The van der Waals surface area contributed by atoms with Crippen molar-refractivity contribution in [1.82, 2.24) is 5.32 Å². The maximum Gasteiger partial charge on any atom is 0.264 e. The molecule has 0 aromatic heterocycles.